The summed E-state index contributed by atoms with van der Waals surface area (Å²) >= 11 is 0. The lowest BCUT2D eigenvalue weighted by atomic mass is 9.84. The maximum Gasteiger partial charge on any atom is 0.205 e. The SMILES string of the molecule is C=CC(=O)C(F)(CCO)C1(C)CO1. The highest BCUT2D eigenvalue weighted by molar-refractivity contribution is 5.98. The second-order valence-corrected chi connectivity index (χ2v) is 3.36. The van der Waals surface area contributed by atoms with Crippen LogP contribution in [0, 0.1) is 0 Å². The molecule has 1 rings (SSSR count). The zero-order chi connectivity index (χ0) is 10.1. The second kappa shape index (κ2) is 3.20. The highest BCUT2D eigenvalue weighted by Gasteiger charge is 2.62. The molecule has 1 saturated heterocycles. The first-order chi connectivity index (χ1) is 6.00. The average Bonchev–Trinajstić information content (AvgIpc) is 2.84. The molecule has 13 heavy (non-hydrogen) atoms. The summed E-state index contributed by atoms with van der Waals surface area (Å²) in [6, 6.07) is 0. The number of halogens is 1. The largest absolute Gasteiger partial charge is 0.396 e. The molecule has 0 bridgehead atoms. The number of allylic oxidation sites excluding steroid dienone is 1. The molecule has 1 aliphatic heterocycles. The van der Waals surface area contributed by atoms with Gasteiger partial charge in [0.2, 0.25) is 5.67 Å². The first-order valence-corrected chi connectivity index (χ1v) is 4.11. The van der Waals surface area contributed by atoms with Crippen LogP contribution >= 0.6 is 0 Å². The van der Waals surface area contributed by atoms with Crippen molar-refractivity contribution in [1.29, 1.82) is 0 Å². The Balaban J connectivity index is 2.86. The standard InChI is InChI=1S/C9H13FO3/c1-3-7(12)9(10,4-5-11)8(2)6-13-8/h3,11H,1,4-6H2,2H3. The first-order valence-electron chi connectivity index (χ1n) is 4.11. The van der Waals surface area contributed by atoms with E-state index >= 15 is 0 Å². The van der Waals surface area contributed by atoms with Gasteiger partial charge < -0.3 is 9.84 Å². The summed E-state index contributed by atoms with van der Waals surface area (Å²) in [5.41, 5.74) is -3.19. The minimum absolute atomic E-state index is 0.211. The van der Waals surface area contributed by atoms with E-state index in [-0.39, 0.29) is 19.6 Å². The highest BCUT2D eigenvalue weighted by Crippen LogP contribution is 2.43. The van der Waals surface area contributed by atoms with Crippen LogP contribution in [0.2, 0.25) is 0 Å². The van der Waals surface area contributed by atoms with E-state index in [4.69, 9.17) is 9.84 Å². The summed E-state index contributed by atoms with van der Waals surface area (Å²) in [5.74, 6) is -0.721. The van der Waals surface area contributed by atoms with E-state index in [2.05, 4.69) is 6.58 Å². The molecule has 2 atom stereocenters. The van der Waals surface area contributed by atoms with Gasteiger partial charge in [-0.1, -0.05) is 6.58 Å². The van der Waals surface area contributed by atoms with Crippen molar-refractivity contribution < 1.29 is 19.0 Å². The molecule has 0 radical (unpaired) electrons. The molecule has 0 saturated carbocycles. The molecule has 1 heterocycles. The van der Waals surface area contributed by atoms with Crippen LogP contribution in [-0.4, -0.2) is 35.4 Å². The molecule has 1 fully saturated rings. The summed E-state index contributed by atoms with van der Waals surface area (Å²) in [5, 5.41) is 8.66. The number of carbonyl (C=O) groups is 1. The molecule has 0 aromatic rings. The van der Waals surface area contributed by atoms with E-state index in [0.29, 0.717) is 0 Å². The Morgan fingerprint density at radius 2 is 2.46 bits per heavy atom. The Kier molecular flexibility index (Phi) is 2.54. The number of ketones is 1. The summed E-state index contributed by atoms with van der Waals surface area (Å²) in [6.07, 6.45) is 0.691. The van der Waals surface area contributed by atoms with Gasteiger partial charge in [0.15, 0.2) is 5.78 Å². The summed E-state index contributed by atoms with van der Waals surface area (Å²) in [6.45, 7) is 4.57. The van der Waals surface area contributed by atoms with Gasteiger partial charge in [0.25, 0.3) is 0 Å². The van der Waals surface area contributed by atoms with Crippen LogP contribution in [0.3, 0.4) is 0 Å². The molecule has 0 aromatic heterocycles. The smallest absolute Gasteiger partial charge is 0.205 e. The Labute approximate surface area is 76.2 Å². The van der Waals surface area contributed by atoms with Crippen molar-refractivity contribution >= 4 is 5.78 Å². The zero-order valence-corrected chi connectivity index (χ0v) is 7.55. The summed E-state index contributed by atoms with van der Waals surface area (Å²) < 4.78 is 18.9. The van der Waals surface area contributed by atoms with Crippen LogP contribution in [0.5, 0.6) is 0 Å². The van der Waals surface area contributed by atoms with Crippen LogP contribution in [0.1, 0.15) is 13.3 Å². The maximum absolute atomic E-state index is 14.0. The minimum atomic E-state index is -2.12. The van der Waals surface area contributed by atoms with Gasteiger partial charge in [0, 0.05) is 13.0 Å². The van der Waals surface area contributed by atoms with Crippen LogP contribution in [0.4, 0.5) is 4.39 Å². The number of hydrogen-bond acceptors (Lipinski definition) is 3. The monoisotopic (exact) mass is 188 g/mol. The molecular weight excluding hydrogens is 175 g/mol. The van der Waals surface area contributed by atoms with Crippen molar-refractivity contribution in [3.63, 3.8) is 0 Å². The number of aliphatic hydroxyl groups is 1. The molecule has 0 amide bonds. The quantitative estimate of drug-likeness (QED) is 0.508. The predicted octanol–water partition coefficient (Wildman–Crippen LogP) is 0.621. The lowest BCUT2D eigenvalue weighted by molar-refractivity contribution is -0.131. The molecular formula is C9H13FO3. The molecule has 1 aliphatic rings. The van der Waals surface area contributed by atoms with Gasteiger partial charge in [-0.15, -0.1) is 0 Å². The van der Waals surface area contributed by atoms with Crippen molar-refractivity contribution in [1.82, 2.24) is 0 Å². The first kappa shape index (κ1) is 10.3. The highest BCUT2D eigenvalue weighted by atomic mass is 19.1. The van der Waals surface area contributed by atoms with Crippen LogP contribution in [-0.2, 0) is 9.53 Å². The molecule has 0 aromatic carbocycles. The lowest BCUT2D eigenvalue weighted by Crippen LogP contribution is -2.46. The van der Waals surface area contributed by atoms with Crippen molar-refractivity contribution in [2.24, 2.45) is 0 Å². The molecule has 74 valence electrons. The lowest BCUT2D eigenvalue weighted by Gasteiger charge is -2.25. The Hall–Kier alpha value is -0.740. The van der Waals surface area contributed by atoms with Crippen molar-refractivity contribution in [3.8, 4) is 0 Å². The van der Waals surface area contributed by atoms with Gasteiger partial charge in [-0.2, -0.15) is 0 Å². The third-order valence-corrected chi connectivity index (χ3v) is 2.45. The van der Waals surface area contributed by atoms with Crippen molar-refractivity contribution in [2.45, 2.75) is 24.6 Å². The summed E-state index contributed by atoms with van der Waals surface area (Å²) in [4.78, 5) is 11.2. The number of carbonyl (C=O) groups excluding carboxylic acids is 1. The topological polar surface area (TPSA) is 49.8 Å². The molecule has 3 nitrogen and oxygen atoms in total. The van der Waals surface area contributed by atoms with Crippen LogP contribution < -0.4 is 0 Å². The van der Waals surface area contributed by atoms with Crippen LogP contribution in [0.25, 0.3) is 0 Å². The van der Waals surface area contributed by atoms with E-state index in [9.17, 15) is 9.18 Å². The van der Waals surface area contributed by atoms with Gasteiger partial charge in [0.05, 0.1) is 6.61 Å². The van der Waals surface area contributed by atoms with Gasteiger partial charge >= 0.3 is 0 Å². The Morgan fingerprint density at radius 3 is 2.77 bits per heavy atom. The molecule has 0 spiro atoms. The zero-order valence-electron chi connectivity index (χ0n) is 7.55. The van der Waals surface area contributed by atoms with Gasteiger partial charge in [-0.05, 0) is 13.0 Å². The Bertz CT molecular complexity index is 235. The predicted molar refractivity (Wildman–Crippen MR) is 45.1 cm³/mol. The Morgan fingerprint density at radius 1 is 1.92 bits per heavy atom. The normalized spacial score (nSPS) is 30.7. The van der Waals surface area contributed by atoms with Crippen molar-refractivity contribution in [2.75, 3.05) is 13.2 Å². The van der Waals surface area contributed by atoms with E-state index < -0.39 is 17.1 Å². The third kappa shape index (κ3) is 1.51. The van der Waals surface area contributed by atoms with Gasteiger partial charge in [0.1, 0.15) is 5.60 Å². The fourth-order valence-corrected chi connectivity index (χ4v) is 1.30. The number of rotatable bonds is 5. The fourth-order valence-electron chi connectivity index (χ4n) is 1.30. The van der Waals surface area contributed by atoms with E-state index in [0.717, 1.165) is 6.08 Å². The number of hydrogen-bond donors (Lipinski definition) is 1. The van der Waals surface area contributed by atoms with E-state index in [1.807, 2.05) is 0 Å². The average molecular weight is 188 g/mol. The van der Waals surface area contributed by atoms with Crippen molar-refractivity contribution in [3.05, 3.63) is 12.7 Å². The second-order valence-electron chi connectivity index (χ2n) is 3.36. The van der Waals surface area contributed by atoms with Crippen LogP contribution in [0.15, 0.2) is 12.7 Å². The van der Waals surface area contributed by atoms with E-state index in [1.54, 1.807) is 0 Å². The number of aliphatic hydroxyl groups excluding tert-OH is 1. The summed E-state index contributed by atoms with van der Waals surface area (Å²) in [7, 11) is 0. The van der Waals surface area contributed by atoms with E-state index in [1.165, 1.54) is 6.92 Å². The van der Waals surface area contributed by atoms with Gasteiger partial charge in [-0.3, -0.25) is 4.79 Å². The molecule has 0 aliphatic carbocycles. The number of ether oxygens (including phenoxy) is 1. The molecule has 1 N–H and O–H groups in total. The molecule has 4 heteroatoms. The molecule has 2 unspecified atom stereocenters. The number of epoxide rings is 1. The minimum Gasteiger partial charge on any atom is -0.396 e. The number of alkyl halides is 1. The third-order valence-electron chi connectivity index (χ3n) is 2.45. The van der Waals surface area contributed by atoms with Gasteiger partial charge in [-0.25, -0.2) is 4.39 Å². The maximum atomic E-state index is 14.0. The fraction of sp³-hybridized carbons (Fsp3) is 0.667.